The number of aromatic nitrogens is 3. The molecule has 3 heterocycles. The summed E-state index contributed by atoms with van der Waals surface area (Å²) in [4.78, 5) is 30.1. The van der Waals surface area contributed by atoms with E-state index in [-0.39, 0.29) is 17.2 Å². The summed E-state index contributed by atoms with van der Waals surface area (Å²) in [5, 5.41) is 10.7. The Morgan fingerprint density at radius 3 is 2.74 bits per heavy atom. The standard InChI is InChI=1S/C20H27N5O2/c1-19(2,3)12-25-9-4-7-20(18(25)27)8-10-24(13-20)17(26)14-5-6-15-16(11-14)22-23-21-15/h5-6,11H,4,7-10,12-13H2,1-3H3,(H,21,22,23). The van der Waals surface area contributed by atoms with Gasteiger partial charge in [-0.1, -0.05) is 20.8 Å². The predicted molar refractivity (Wildman–Crippen MR) is 102 cm³/mol. The normalized spacial score (nSPS) is 23.6. The van der Waals surface area contributed by atoms with E-state index in [2.05, 4.69) is 36.2 Å². The molecule has 1 aromatic carbocycles. The number of piperidine rings is 1. The number of hydrogen-bond donors (Lipinski definition) is 1. The average Bonchev–Trinajstić information content (AvgIpc) is 3.24. The Morgan fingerprint density at radius 1 is 1.19 bits per heavy atom. The van der Waals surface area contributed by atoms with Gasteiger partial charge in [-0.15, -0.1) is 0 Å². The van der Waals surface area contributed by atoms with E-state index >= 15 is 0 Å². The molecule has 7 nitrogen and oxygen atoms in total. The van der Waals surface area contributed by atoms with Gasteiger partial charge in [-0.25, -0.2) is 0 Å². The van der Waals surface area contributed by atoms with E-state index in [1.807, 2.05) is 9.80 Å². The average molecular weight is 369 g/mol. The van der Waals surface area contributed by atoms with Crippen molar-refractivity contribution >= 4 is 22.8 Å². The Bertz CT molecular complexity index is 884. The lowest BCUT2D eigenvalue weighted by molar-refractivity contribution is -0.146. The molecule has 1 atom stereocenters. The Kier molecular flexibility index (Phi) is 4.20. The quantitative estimate of drug-likeness (QED) is 0.881. The van der Waals surface area contributed by atoms with Crippen molar-refractivity contribution in [1.82, 2.24) is 25.2 Å². The van der Waals surface area contributed by atoms with Crippen molar-refractivity contribution in [3.63, 3.8) is 0 Å². The maximum Gasteiger partial charge on any atom is 0.253 e. The van der Waals surface area contributed by atoms with Crippen LogP contribution in [0, 0.1) is 10.8 Å². The van der Waals surface area contributed by atoms with Crippen molar-refractivity contribution in [2.45, 2.75) is 40.0 Å². The smallest absolute Gasteiger partial charge is 0.253 e. The summed E-state index contributed by atoms with van der Waals surface area (Å²) in [6.45, 7) is 9.22. The molecule has 1 spiro atoms. The molecule has 2 amide bonds. The lowest BCUT2D eigenvalue weighted by Crippen LogP contribution is -2.52. The first-order chi connectivity index (χ1) is 12.8. The summed E-state index contributed by atoms with van der Waals surface area (Å²) in [6.07, 6.45) is 2.64. The number of aromatic amines is 1. The van der Waals surface area contributed by atoms with Crippen LogP contribution >= 0.6 is 0 Å². The van der Waals surface area contributed by atoms with Crippen LogP contribution in [0.3, 0.4) is 0 Å². The lowest BCUT2D eigenvalue weighted by Gasteiger charge is -2.41. The predicted octanol–water partition coefficient (Wildman–Crippen LogP) is 2.46. The highest BCUT2D eigenvalue weighted by Gasteiger charge is 2.49. The van der Waals surface area contributed by atoms with Crippen molar-refractivity contribution in [2.24, 2.45) is 10.8 Å². The van der Waals surface area contributed by atoms with Gasteiger partial charge in [0.2, 0.25) is 5.91 Å². The van der Waals surface area contributed by atoms with E-state index in [1.165, 1.54) is 0 Å². The van der Waals surface area contributed by atoms with Crippen LogP contribution in [0.15, 0.2) is 18.2 Å². The molecule has 1 aromatic heterocycles. The second-order valence-electron chi connectivity index (χ2n) is 9.18. The summed E-state index contributed by atoms with van der Waals surface area (Å²) >= 11 is 0. The molecule has 0 bridgehead atoms. The summed E-state index contributed by atoms with van der Waals surface area (Å²) in [7, 11) is 0. The molecule has 7 heteroatoms. The van der Waals surface area contributed by atoms with Gasteiger partial charge in [0.15, 0.2) is 0 Å². The number of nitrogens with one attached hydrogen (secondary N) is 1. The highest BCUT2D eigenvalue weighted by atomic mass is 16.2. The second kappa shape index (κ2) is 6.32. The van der Waals surface area contributed by atoms with Gasteiger partial charge in [0.1, 0.15) is 11.0 Å². The molecule has 2 aromatic rings. The molecule has 0 radical (unpaired) electrons. The van der Waals surface area contributed by atoms with Crippen LogP contribution in [0.4, 0.5) is 0 Å². The lowest BCUT2D eigenvalue weighted by atomic mass is 9.77. The van der Waals surface area contributed by atoms with E-state index in [0.717, 1.165) is 37.9 Å². The molecule has 0 aliphatic carbocycles. The van der Waals surface area contributed by atoms with Gasteiger partial charge in [-0.2, -0.15) is 15.4 Å². The Labute approximate surface area is 159 Å². The molecule has 0 saturated carbocycles. The largest absolute Gasteiger partial charge is 0.342 e. The number of nitrogens with zero attached hydrogens (tertiary/aromatic N) is 4. The van der Waals surface area contributed by atoms with Gasteiger partial charge < -0.3 is 9.80 Å². The number of rotatable bonds is 2. The molecule has 27 heavy (non-hydrogen) atoms. The van der Waals surface area contributed by atoms with E-state index < -0.39 is 5.41 Å². The van der Waals surface area contributed by atoms with Crippen molar-refractivity contribution in [3.8, 4) is 0 Å². The van der Waals surface area contributed by atoms with Crippen LogP contribution in [-0.4, -0.2) is 63.2 Å². The zero-order valence-corrected chi connectivity index (χ0v) is 16.3. The third-order valence-corrected chi connectivity index (χ3v) is 5.69. The van der Waals surface area contributed by atoms with Gasteiger partial charge in [-0.3, -0.25) is 9.59 Å². The van der Waals surface area contributed by atoms with Crippen molar-refractivity contribution in [2.75, 3.05) is 26.2 Å². The monoisotopic (exact) mass is 369 g/mol. The minimum Gasteiger partial charge on any atom is -0.342 e. The van der Waals surface area contributed by atoms with E-state index in [4.69, 9.17) is 0 Å². The maximum atomic E-state index is 13.2. The summed E-state index contributed by atoms with van der Waals surface area (Å²) in [5.41, 5.74) is 1.69. The molecule has 1 N–H and O–H groups in total. The fraction of sp³-hybridized carbons (Fsp3) is 0.600. The van der Waals surface area contributed by atoms with Gasteiger partial charge in [0, 0.05) is 31.7 Å². The molecular weight excluding hydrogens is 342 g/mol. The van der Waals surface area contributed by atoms with Gasteiger partial charge in [-0.05, 0) is 42.9 Å². The van der Waals surface area contributed by atoms with Gasteiger partial charge in [0.25, 0.3) is 5.91 Å². The van der Waals surface area contributed by atoms with Crippen molar-refractivity contribution in [3.05, 3.63) is 23.8 Å². The van der Waals surface area contributed by atoms with Crippen LogP contribution in [0.2, 0.25) is 0 Å². The number of likely N-dealkylation sites (tertiary alicyclic amines) is 2. The maximum absolute atomic E-state index is 13.2. The van der Waals surface area contributed by atoms with Crippen LogP contribution in [0.1, 0.15) is 50.4 Å². The molecule has 2 fully saturated rings. The van der Waals surface area contributed by atoms with Crippen LogP contribution in [0.25, 0.3) is 11.0 Å². The number of carbonyl (C=O) groups is 2. The zero-order chi connectivity index (χ0) is 19.2. The molecule has 2 aliphatic heterocycles. The Balaban J connectivity index is 1.51. The number of amides is 2. The minimum atomic E-state index is -0.406. The minimum absolute atomic E-state index is 0.0301. The highest BCUT2D eigenvalue weighted by Crippen LogP contribution is 2.41. The number of carbonyl (C=O) groups excluding carboxylic acids is 2. The fourth-order valence-electron chi connectivity index (χ4n) is 4.46. The Hall–Kier alpha value is -2.44. The Morgan fingerprint density at radius 2 is 1.96 bits per heavy atom. The van der Waals surface area contributed by atoms with Gasteiger partial charge in [0.05, 0.1) is 5.41 Å². The number of benzene rings is 1. The number of fused-ring (bicyclic) bond motifs is 1. The SMILES string of the molecule is CC(C)(C)CN1CCCC2(CCN(C(=O)c3ccc4n[nH]nc4c3)C2)C1=O. The molecule has 2 aliphatic rings. The number of hydrogen-bond acceptors (Lipinski definition) is 4. The topological polar surface area (TPSA) is 82.2 Å². The summed E-state index contributed by atoms with van der Waals surface area (Å²) < 4.78 is 0. The second-order valence-corrected chi connectivity index (χ2v) is 9.18. The van der Waals surface area contributed by atoms with Gasteiger partial charge >= 0.3 is 0 Å². The first-order valence-electron chi connectivity index (χ1n) is 9.67. The third kappa shape index (κ3) is 3.31. The van der Waals surface area contributed by atoms with E-state index in [1.54, 1.807) is 18.2 Å². The molecule has 2 saturated heterocycles. The zero-order valence-electron chi connectivity index (χ0n) is 16.3. The first-order valence-corrected chi connectivity index (χ1v) is 9.67. The summed E-state index contributed by atoms with van der Waals surface area (Å²) in [6, 6.07) is 5.35. The van der Waals surface area contributed by atoms with Crippen LogP contribution < -0.4 is 0 Å². The third-order valence-electron chi connectivity index (χ3n) is 5.69. The van der Waals surface area contributed by atoms with Crippen molar-refractivity contribution < 1.29 is 9.59 Å². The van der Waals surface area contributed by atoms with Crippen LogP contribution in [-0.2, 0) is 4.79 Å². The summed E-state index contributed by atoms with van der Waals surface area (Å²) in [5.74, 6) is 0.198. The molecule has 144 valence electrons. The first kappa shape index (κ1) is 17.9. The fourth-order valence-corrected chi connectivity index (χ4v) is 4.46. The van der Waals surface area contributed by atoms with Crippen molar-refractivity contribution in [1.29, 1.82) is 0 Å². The molecule has 4 rings (SSSR count). The van der Waals surface area contributed by atoms with E-state index in [0.29, 0.717) is 24.2 Å². The highest BCUT2D eigenvalue weighted by molar-refractivity contribution is 5.98. The van der Waals surface area contributed by atoms with Crippen LogP contribution in [0.5, 0.6) is 0 Å². The van der Waals surface area contributed by atoms with E-state index in [9.17, 15) is 9.59 Å². The number of H-pyrrole nitrogens is 1. The molecular formula is C20H27N5O2. The molecule has 1 unspecified atom stereocenters.